The Morgan fingerprint density at radius 1 is 1.12 bits per heavy atom. The van der Waals surface area contributed by atoms with E-state index >= 15 is 0 Å². The number of nitriles is 1. The van der Waals surface area contributed by atoms with Crippen LogP contribution in [-0.2, 0) is 9.53 Å². The van der Waals surface area contributed by atoms with Crippen molar-refractivity contribution in [1.82, 2.24) is 4.57 Å². The number of rotatable bonds is 7. The number of carbonyl (C=O) groups excluding carboxylic acids is 2. The third kappa shape index (κ3) is 4.78. The summed E-state index contributed by atoms with van der Waals surface area (Å²) in [7, 11) is 2.84. The SMILES string of the molecule is COc1cc(C(=O)OCC(=O)Nc2c(C#N)c(C)c(C)n2-c2ccccc2)cc(Cl)c1OC. The summed E-state index contributed by atoms with van der Waals surface area (Å²) in [6.07, 6.45) is 0. The van der Waals surface area contributed by atoms with Gasteiger partial charge in [0.05, 0.1) is 30.4 Å². The number of anilines is 1. The van der Waals surface area contributed by atoms with Gasteiger partial charge in [0.15, 0.2) is 18.1 Å². The van der Waals surface area contributed by atoms with E-state index < -0.39 is 18.5 Å². The molecule has 170 valence electrons. The minimum Gasteiger partial charge on any atom is -0.493 e. The topological polar surface area (TPSA) is 103 Å². The van der Waals surface area contributed by atoms with Gasteiger partial charge in [-0.15, -0.1) is 0 Å². The summed E-state index contributed by atoms with van der Waals surface area (Å²) in [5.74, 6) is -0.508. The Kier molecular flexibility index (Phi) is 7.26. The Hall–Kier alpha value is -3.96. The first-order valence-electron chi connectivity index (χ1n) is 9.88. The van der Waals surface area contributed by atoms with Crippen LogP contribution in [0.4, 0.5) is 5.82 Å². The highest BCUT2D eigenvalue weighted by molar-refractivity contribution is 6.32. The molecule has 3 rings (SSSR count). The molecule has 8 nitrogen and oxygen atoms in total. The maximum absolute atomic E-state index is 12.6. The van der Waals surface area contributed by atoms with Crippen LogP contribution < -0.4 is 14.8 Å². The van der Waals surface area contributed by atoms with Crippen molar-refractivity contribution in [1.29, 1.82) is 5.26 Å². The number of aromatic nitrogens is 1. The van der Waals surface area contributed by atoms with Crippen LogP contribution in [0, 0.1) is 25.2 Å². The van der Waals surface area contributed by atoms with E-state index in [9.17, 15) is 14.9 Å². The number of benzene rings is 2. The van der Waals surface area contributed by atoms with Crippen LogP contribution >= 0.6 is 11.6 Å². The number of halogens is 1. The molecule has 1 aromatic heterocycles. The molecule has 33 heavy (non-hydrogen) atoms. The first-order chi connectivity index (χ1) is 15.8. The number of hydrogen-bond acceptors (Lipinski definition) is 6. The highest BCUT2D eigenvalue weighted by Gasteiger charge is 2.22. The molecule has 3 aromatic rings. The molecule has 0 aliphatic heterocycles. The van der Waals surface area contributed by atoms with Crippen LogP contribution in [0.1, 0.15) is 27.2 Å². The van der Waals surface area contributed by atoms with Crippen LogP contribution in [0.3, 0.4) is 0 Å². The second-order valence-corrected chi connectivity index (χ2v) is 7.44. The maximum atomic E-state index is 12.6. The van der Waals surface area contributed by atoms with Gasteiger partial charge in [0.1, 0.15) is 11.9 Å². The van der Waals surface area contributed by atoms with Crippen LogP contribution in [0.5, 0.6) is 11.5 Å². The van der Waals surface area contributed by atoms with Crippen molar-refractivity contribution in [2.45, 2.75) is 13.8 Å². The Morgan fingerprint density at radius 3 is 2.42 bits per heavy atom. The molecule has 9 heteroatoms. The number of ether oxygens (including phenoxy) is 3. The van der Waals surface area contributed by atoms with Gasteiger partial charge in [-0.3, -0.25) is 9.36 Å². The van der Waals surface area contributed by atoms with Crippen molar-refractivity contribution in [3.05, 3.63) is 69.9 Å². The summed E-state index contributed by atoms with van der Waals surface area (Å²) in [6, 6.07) is 14.2. The quantitative estimate of drug-likeness (QED) is 0.515. The van der Waals surface area contributed by atoms with Crippen molar-refractivity contribution in [2.24, 2.45) is 0 Å². The molecule has 0 aliphatic carbocycles. The largest absolute Gasteiger partial charge is 0.493 e. The van der Waals surface area contributed by atoms with Crippen molar-refractivity contribution in [3.63, 3.8) is 0 Å². The molecular formula is C24H22ClN3O5. The zero-order valence-electron chi connectivity index (χ0n) is 18.6. The van der Waals surface area contributed by atoms with E-state index in [4.69, 9.17) is 25.8 Å². The fraction of sp³-hybridized carbons (Fsp3) is 0.208. The van der Waals surface area contributed by atoms with E-state index in [0.717, 1.165) is 16.9 Å². The van der Waals surface area contributed by atoms with Gasteiger partial charge in [0.2, 0.25) is 0 Å². The van der Waals surface area contributed by atoms with E-state index in [1.54, 1.807) is 4.57 Å². The Morgan fingerprint density at radius 2 is 1.82 bits per heavy atom. The molecule has 2 aromatic carbocycles. The molecule has 0 bridgehead atoms. The van der Waals surface area contributed by atoms with Crippen molar-refractivity contribution >= 4 is 29.3 Å². The lowest BCUT2D eigenvalue weighted by molar-refractivity contribution is -0.119. The van der Waals surface area contributed by atoms with Gasteiger partial charge in [-0.25, -0.2) is 4.79 Å². The molecule has 0 atom stereocenters. The highest BCUT2D eigenvalue weighted by Crippen LogP contribution is 2.36. The van der Waals surface area contributed by atoms with Crippen molar-refractivity contribution < 1.29 is 23.8 Å². The summed E-state index contributed by atoms with van der Waals surface area (Å²) in [5, 5.41) is 12.5. The van der Waals surface area contributed by atoms with Crippen molar-refractivity contribution in [3.8, 4) is 23.3 Å². The normalized spacial score (nSPS) is 10.3. The molecule has 0 radical (unpaired) electrons. The lowest BCUT2D eigenvalue weighted by Crippen LogP contribution is -2.23. The van der Waals surface area contributed by atoms with Gasteiger partial charge in [0.25, 0.3) is 5.91 Å². The molecular weight excluding hydrogens is 446 g/mol. The maximum Gasteiger partial charge on any atom is 0.338 e. The zero-order valence-corrected chi connectivity index (χ0v) is 19.3. The number of amides is 1. The molecule has 0 saturated heterocycles. The molecule has 0 saturated carbocycles. The van der Waals surface area contributed by atoms with Crippen LogP contribution in [0.25, 0.3) is 5.69 Å². The third-order valence-electron chi connectivity index (χ3n) is 5.10. The lowest BCUT2D eigenvalue weighted by atomic mass is 10.2. The average Bonchev–Trinajstić information content (AvgIpc) is 3.05. The minimum atomic E-state index is -0.765. The van der Waals surface area contributed by atoms with E-state index in [1.165, 1.54) is 26.4 Å². The lowest BCUT2D eigenvalue weighted by Gasteiger charge is -2.14. The second-order valence-electron chi connectivity index (χ2n) is 7.03. The predicted molar refractivity (Wildman–Crippen MR) is 123 cm³/mol. The Balaban J connectivity index is 1.80. The fourth-order valence-electron chi connectivity index (χ4n) is 3.38. The number of nitrogens with one attached hydrogen (secondary N) is 1. The number of carbonyl (C=O) groups is 2. The minimum absolute atomic E-state index is 0.0995. The van der Waals surface area contributed by atoms with E-state index in [2.05, 4.69) is 11.4 Å². The molecule has 1 heterocycles. The summed E-state index contributed by atoms with van der Waals surface area (Å²) in [4.78, 5) is 25.1. The summed E-state index contributed by atoms with van der Waals surface area (Å²) in [6.45, 7) is 3.11. The predicted octanol–water partition coefficient (Wildman–Crippen LogP) is 4.43. The molecule has 1 amide bonds. The van der Waals surface area contributed by atoms with E-state index in [1.807, 2.05) is 44.2 Å². The van der Waals surface area contributed by atoms with Gasteiger partial charge in [0, 0.05) is 11.4 Å². The van der Waals surface area contributed by atoms with Gasteiger partial charge in [-0.2, -0.15) is 5.26 Å². The average molecular weight is 468 g/mol. The number of para-hydroxylation sites is 1. The summed E-state index contributed by atoms with van der Waals surface area (Å²) in [5.41, 5.74) is 2.77. The Labute approximate surface area is 196 Å². The van der Waals surface area contributed by atoms with Gasteiger partial charge in [-0.05, 0) is 43.7 Å². The monoisotopic (exact) mass is 467 g/mol. The molecule has 0 unspecified atom stereocenters. The molecule has 0 fully saturated rings. The van der Waals surface area contributed by atoms with E-state index in [-0.39, 0.29) is 22.1 Å². The number of esters is 1. The Bertz CT molecular complexity index is 1250. The van der Waals surface area contributed by atoms with Gasteiger partial charge >= 0.3 is 5.97 Å². The smallest absolute Gasteiger partial charge is 0.338 e. The zero-order chi connectivity index (χ0) is 24.1. The third-order valence-corrected chi connectivity index (χ3v) is 5.38. The molecule has 0 aliphatic rings. The molecule has 0 spiro atoms. The number of methoxy groups -OCH3 is 2. The van der Waals surface area contributed by atoms with Crippen LogP contribution in [0.2, 0.25) is 5.02 Å². The number of hydrogen-bond donors (Lipinski definition) is 1. The van der Waals surface area contributed by atoms with Gasteiger partial charge in [-0.1, -0.05) is 29.8 Å². The highest BCUT2D eigenvalue weighted by atomic mass is 35.5. The van der Waals surface area contributed by atoms with Gasteiger partial charge < -0.3 is 19.5 Å². The second kappa shape index (κ2) is 10.1. The number of nitrogens with zero attached hydrogens (tertiary/aromatic N) is 2. The van der Waals surface area contributed by atoms with E-state index in [0.29, 0.717) is 11.4 Å². The summed E-state index contributed by atoms with van der Waals surface area (Å²) < 4.78 is 17.2. The molecule has 1 N–H and O–H groups in total. The van der Waals surface area contributed by atoms with Crippen molar-refractivity contribution in [2.75, 3.05) is 26.1 Å². The summed E-state index contributed by atoms with van der Waals surface area (Å²) >= 11 is 6.13. The van der Waals surface area contributed by atoms with Crippen LogP contribution in [0.15, 0.2) is 42.5 Å². The first-order valence-corrected chi connectivity index (χ1v) is 10.3. The first kappa shape index (κ1) is 23.7. The van der Waals surface area contributed by atoms with Crippen LogP contribution in [-0.4, -0.2) is 37.3 Å². The standard InChI is InChI=1S/C24H22ClN3O5/c1-14-15(2)28(17-8-6-5-7-9-17)23(18(14)12-26)27-21(29)13-33-24(30)16-10-19(25)22(32-4)20(11-16)31-3/h5-11H,13H2,1-4H3,(H,27,29). The fourth-order valence-corrected chi connectivity index (χ4v) is 3.67.